The van der Waals surface area contributed by atoms with Crippen LogP contribution in [0.15, 0.2) is 42.5 Å². The minimum Gasteiger partial charge on any atom is -0.493 e. The molecule has 2 heterocycles. The zero-order valence-electron chi connectivity index (χ0n) is 18.8. The Balaban J connectivity index is 1.46. The Morgan fingerprint density at radius 2 is 1.65 bits per heavy atom. The fourth-order valence-electron chi connectivity index (χ4n) is 4.45. The summed E-state index contributed by atoms with van der Waals surface area (Å²) in [5, 5.41) is 0.554. The fraction of sp³-hybridized carbons (Fsp3) is 0.440. The molecule has 0 aliphatic carbocycles. The van der Waals surface area contributed by atoms with Crippen LogP contribution in [0.4, 0.5) is 8.78 Å². The van der Waals surface area contributed by atoms with Crippen LogP contribution in [0.5, 0.6) is 5.75 Å². The number of hydrogen-bond acceptors (Lipinski definition) is 4. The number of nitrogens with zero attached hydrogens (tertiary/aromatic N) is 2. The zero-order valence-corrected chi connectivity index (χ0v) is 19.5. The molecule has 0 atom stereocenters. The van der Waals surface area contributed by atoms with Gasteiger partial charge >= 0.3 is 0 Å². The molecule has 2 aliphatic heterocycles. The molecule has 34 heavy (non-hydrogen) atoms. The molecule has 0 N–H and O–H groups in total. The monoisotopic (exact) mass is 492 g/mol. The van der Waals surface area contributed by atoms with Crippen molar-refractivity contribution in [3.05, 3.63) is 64.7 Å². The second kappa shape index (κ2) is 10.7. The lowest BCUT2D eigenvalue weighted by atomic mass is 9.75. The summed E-state index contributed by atoms with van der Waals surface area (Å²) in [4.78, 5) is 29.3. The summed E-state index contributed by atoms with van der Waals surface area (Å²) in [6.07, 6.45) is 1.32. The van der Waals surface area contributed by atoms with E-state index in [1.165, 1.54) is 0 Å². The highest BCUT2D eigenvalue weighted by molar-refractivity contribution is 6.30. The quantitative estimate of drug-likeness (QED) is 0.607. The van der Waals surface area contributed by atoms with Gasteiger partial charge in [0.05, 0.1) is 19.8 Å². The van der Waals surface area contributed by atoms with E-state index in [-0.39, 0.29) is 17.9 Å². The predicted molar refractivity (Wildman–Crippen MR) is 123 cm³/mol. The minimum absolute atomic E-state index is 0.0235. The summed E-state index contributed by atoms with van der Waals surface area (Å²) >= 11 is 6.07. The SMILES string of the molecule is O=C(CC1(COc2cccc(Cl)c2)CCN(C(=O)c2cc(F)cc(F)c2)CC1)N1CCOCC1. The number of carbonyl (C=O) groups excluding carboxylic acids is 2. The summed E-state index contributed by atoms with van der Waals surface area (Å²) in [6, 6.07) is 9.89. The average Bonchev–Trinajstić information content (AvgIpc) is 2.83. The number of amides is 2. The molecule has 6 nitrogen and oxygen atoms in total. The van der Waals surface area contributed by atoms with Gasteiger partial charge in [0.25, 0.3) is 5.91 Å². The first kappa shape index (κ1) is 24.4. The average molecular weight is 493 g/mol. The number of halogens is 3. The molecule has 0 spiro atoms. The van der Waals surface area contributed by atoms with Gasteiger partial charge in [-0.15, -0.1) is 0 Å². The minimum atomic E-state index is -0.791. The molecule has 9 heteroatoms. The Hall–Kier alpha value is -2.71. The van der Waals surface area contributed by atoms with Gasteiger partial charge < -0.3 is 19.3 Å². The van der Waals surface area contributed by atoms with Crippen LogP contribution in [-0.2, 0) is 9.53 Å². The maximum atomic E-state index is 13.6. The van der Waals surface area contributed by atoms with Gasteiger partial charge in [-0.2, -0.15) is 0 Å². The van der Waals surface area contributed by atoms with E-state index < -0.39 is 23.0 Å². The third-order valence-corrected chi connectivity index (χ3v) is 6.69. The van der Waals surface area contributed by atoms with E-state index in [0.717, 1.165) is 18.2 Å². The molecule has 0 saturated carbocycles. The molecule has 0 aromatic heterocycles. The molecule has 2 saturated heterocycles. The normalized spacial score (nSPS) is 18.0. The van der Waals surface area contributed by atoms with Gasteiger partial charge in [-0.3, -0.25) is 9.59 Å². The number of ether oxygens (including phenoxy) is 2. The Morgan fingerprint density at radius 1 is 0.971 bits per heavy atom. The summed E-state index contributed by atoms with van der Waals surface area (Å²) in [5.74, 6) is -1.37. The second-order valence-corrected chi connectivity index (χ2v) is 9.30. The molecule has 182 valence electrons. The van der Waals surface area contributed by atoms with E-state index in [1.54, 1.807) is 34.1 Å². The zero-order chi connectivity index (χ0) is 24.1. The van der Waals surface area contributed by atoms with Crippen molar-refractivity contribution in [3.63, 3.8) is 0 Å². The standard InChI is InChI=1S/C25H27ClF2N2O4/c26-19-2-1-3-22(14-19)34-17-25(16-23(31)29-8-10-33-11-9-29)4-6-30(7-5-25)24(32)18-12-20(27)15-21(28)13-18/h1-3,12-15H,4-11,16-17H2. The van der Waals surface area contributed by atoms with E-state index in [1.807, 2.05) is 0 Å². The van der Waals surface area contributed by atoms with Crippen LogP contribution in [0.3, 0.4) is 0 Å². The molecule has 0 bridgehead atoms. The van der Waals surface area contributed by atoms with Crippen molar-refractivity contribution in [2.45, 2.75) is 19.3 Å². The summed E-state index contributed by atoms with van der Waals surface area (Å²) < 4.78 is 38.6. The number of benzene rings is 2. The Morgan fingerprint density at radius 3 is 2.29 bits per heavy atom. The largest absolute Gasteiger partial charge is 0.493 e. The van der Waals surface area contributed by atoms with Gasteiger partial charge in [0.1, 0.15) is 17.4 Å². The topological polar surface area (TPSA) is 59.1 Å². The number of likely N-dealkylation sites (tertiary alicyclic amines) is 1. The number of morpholine rings is 1. The third-order valence-electron chi connectivity index (χ3n) is 6.45. The molecule has 0 radical (unpaired) electrons. The molecule has 2 amide bonds. The van der Waals surface area contributed by atoms with Gasteiger partial charge in [-0.25, -0.2) is 8.78 Å². The van der Waals surface area contributed by atoms with Crippen molar-refractivity contribution in [2.75, 3.05) is 46.0 Å². The lowest BCUT2D eigenvalue weighted by Crippen LogP contribution is -2.49. The van der Waals surface area contributed by atoms with Crippen LogP contribution < -0.4 is 4.74 Å². The van der Waals surface area contributed by atoms with E-state index in [4.69, 9.17) is 21.1 Å². The summed E-state index contributed by atoms with van der Waals surface area (Å²) in [5.41, 5.74) is -0.508. The molecular weight excluding hydrogens is 466 g/mol. The van der Waals surface area contributed by atoms with Crippen LogP contribution in [-0.4, -0.2) is 67.6 Å². The smallest absolute Gasteiger partial charge is 0.254 e. The highest BCUT2D eigenvalue weighted by atomic mass is 35.5. The molecule has 0 unspecified atom stereocenters. The maximum absolute atomic E-state index is 13.6. The Bertz CT molecular complexity index is 1020. The van der Waals surface area contributed by atoms with Crippen molar-refractivity contribution in [1.29, 1.82) is 0 Å². The van der Waals surface area contributed by atoms with Gasteiger partial charge in [0, 0.05) is 54.7 Å². The van der Waals surface area contributed by atoms with Crippen LogP contribution >= 0.6 is 11.6 Å². The first-order valence-corrected chi connectivity index (χ1v) is 11.7. The van der Waals surface area contributed by atoms with Crippen LogP contribution in [0.1, 0.15) is 29.6 Å². The van der Waals surface area contributed by atoms with Crippen molar-refractivity contribution in [2.24, 2.45) is 5.41 Å². The van der Waals surface area contributed by atoms with Gasteiger partial charge in [-0.1, -0.05) is 17.7 Å². The molecular formula is C25H27ClF2N2O4. The Kier molecular flexibility index (Phi) is 7.68. The first-order valence-electron chi connectivity index (χ1n) is 11.3. The lowest BCUT2D eigenvalue weighted by Gasteiger charge is -2.42. The predicted octanol–water partition coefficient (Wildman–Crippen LogP) is 4.17. The molecule has 2 aliphatic rings. The maximum Gasteiger partial charge on any atom is 0.254 e. The van der Waals surface area contributed by atoms with Crippen LogP contribution in [0.2, 0.25) is 5.02 Å². The van der Waals surface area contributed by atoms with Crippen LogP contribution in [0.25, 0.3) is 0 Å². The van der Waals surface area contributed by atoms with E-state index >= 15 is 0 Å². The third kappa shape index (κ3) is 6.04. The van der Waals surface area contributed by atoms with Crippen molar-refractivity contribution in [3.8, 4) is 5.75 Å². The fourth-order valence-corrected chi connectivity index (χ4v) is 4.64. The molecule has 2 aromatic carbocycles. The molecule has 4 rings (SSSR count). The van der Waals surface area contributed by atoms with E-state index in [0.29, 0.717) is 69.6 Å². The number of carbonyl (C=O) groups is 2. The van der Waals surface area contributed by atoms with Crippen LogP contribution in [0, 0.1) is 17.0 Å². The number of rotatable bonds is 6. The lowest BCUT2D eigenvalue weighted by molar-refractivity contribution is -0.139. The van der Waals surface area contributed by atoms with Crippen molar-refractivity contribution >= 4 is 23.4 Å². The van der Waals surface area contributed by atoms with Gasteiger partial charge in [0.15, 0.2) is 0 Å². The van der Waals surface area contributed by atoms with Gasteiger partial charge in [0.2, 0.25) is 5.91 Å². The van der Waals surface area contributed by atoms with E-state index in [2.05, 4.69) is 0 Å². The summed E-state index contributed by atoms with van der Waals surface area (Å²) in [7, 11) is 0. The number of piperidine rings is 1. The molecule has 2 fully saturated rings. The van der Waals surface area contributed by atoms with E-state index in [9.17, 15) is 18.4 Å². The second-order valence-electron chi connectivity index (χ2n) is 8.87. The summed E-state index contributed by atoms with van der Waals surface area (Å²) in [6.45, 7) is 3.15. The highest BCUT2D eigenvalue weighted by Gasteiger charge is 2.40. The Labute approximate surface area is 202 Å². The van der Waals surface area contributed by atoms with Crippen molar-refractivity contribution < 1.29 is 27.8 Å². The van der Waals surface area contributed by atoms with Crippen molar-refractivity contribution in [1.82, 2.24) is 9.80 Å². The number of hydrogen-bond donors (Lipinski definition) is 0. The first-order chi connectivity index (χ1) is 16.3. The highest BCUT2D eigenvalue weighted by Crippen LogP contribution is 2.37. The van der Waals surface area contributed by atoms with Gasteiger partial charge in [-0.05, 0) is 43.2 Å². The molecule has 2 aromatic rings.